The molecule has 0 aliphatic carbocycles. The minimum atomic E-state index is -0.752. The molecule has 176 valence electrons. The van der Waals surface area contributed by atoms with Crippen molar-refractivity contribution in [1.29, 1.82) is 0 Å². The predicted molar refractivity (Wildman–Crippen MR) is 133 cm³/mol. The number of hydrogen-bond acceptors (Lipinski definition) is 4. The van der Waals surface area contributed by atoms with Crippen molar-refractivity contribution in [2.45, 2.75) is 58.0 Å². The number of likely N-dealkylation sites (tertiary alicyclic amines) is 1. The number of nitrogens with zero attached hydrogens (tertiary/aromatic N) is 4. The number of hydrogen-bond donors (Lipinski definition) is 1. The molecule has 6 heteroatoms. The number of carbonyl (C=O) groups is 1. The summed E-state index contributed by atoms with van der Waals surface area (Å²) in [5.74, 6) is 1.10. The highest BCUT2D eigenvalue weighted by molar-refractivity contribution is 5.94. The third-order valence-corrected chi connectivity index (χ3v) is 6.81. The second kappa shape index (κ2) is 9.96. The molecule has 0 radical (unpaired) electrons. The fraction of sp³-hybridized carbons (Fsp3) is 0.481. The second-order valence-electron chi connectivity index (χ2n) is 9.34. The zero-order valence-electron chi connectivity index (χ0n) is 20.1. The molecular formula is C27H36N4O2. The molecule has 4 rings (SSSR count). The van der Waals surface area contributed by atoms with Gasteiger partial charge in [0.1, 0.15) is 11.5 Å². The Morgan fingerprint density at radius 1 is 1.12 bits per heavy atom. The van der Waals surface area contributed by atoms with Gasteiger partial charge in [-0.2, -0.15) is 0 Å². The molecule has 1 fully saturated rings. The summed E-state index contributed by atoms with van der Waals surface area (Å²) in [6.45, 7) is 6.40. The Morgan fingerprint density at radius 2 is 1.85 bits per heavy atom. The summed E-state index contributed by atoms with van der Waals surface area (Å²) >= 11 is 0. The molecule has 6 nitrogen and oxygen atoms in total. The molecule has 0 atom stereocenters. The van der Waals surface area contributed by atoms with Crippen LogP contribution in [0.2, 0.25) is 0 Å². The van der Waals surface area contributed by atoms with E-state index in [-0.39, 0.29) is 5.91 Å². The summed E-state index contributed by atoms with van der Waals surface area (Å²) in [6.07, 6.45) is 6.85. The third kappa shape index (κ3) is 5.06. The normalized spacial score (nSPS) is 15.7. The summed E-state index contributed by atoms with van der Waals surface area (Å²) in [4.78, 5) is 22.3. The Balaban J connectivity index is 1.50. The van der Waals surface area contributed by atoms with E-state index in [1.54, 1.807) is 0 Å². The highest BCUT2D eigenvalue weighted by Crippen LogP contribution is 2.28. The van der Waals surface area contributed by atoms with Crippen LogP contribution in [0.5, 0.6) is 0 Å². The molecule has 1 aliphatic rings. The van der Waals surface area contributed by atoms with E-state index in [1.165, 1.54) is 0 Å². The first-order valence-electron chi connectivity index (χ1n) is 12.2. The maximum absolute atomic E-state index is 13.3. The summed E-state index contributed by atoms with van der Waals surface area (Å²) < 4.78 is 2.07. The van der Waals surface area contributed by atoms with E-state index in [1.807, 2.05) is 41.4 Å². The molecule has 1 N–H and O–H groups in total. The van der Waals surface area contributed by atoms with Crippen LogP contribution in [0.4, 0.5) is 5.82 Å². The first kappa shape index (κ1) is 23.3. The molecule has 0 bridgehead atoms. The Kier molecular flexibility index (Phi) is 7.03. The minimum Gasteiger partial charge on any atom is -0.389 e. The van der Waals surface area contributed by atoms with E-state index < -0.39 is 5.60 Å². The average Bonchev–Trinajstić information content (AvgIpc) is 3.21. The van der Waals surface area contributed by atoms with Gasteiger partial charge in [0.25, 0.3) is 5.91 Å². The van der Waals surface area contributed by atoms with Crippen LogP contribution in [0, 0.1) is 0 Å². The number of aliphatic hydroxyl groups is 1. The standard InChI is InChI=1S/C27H36N4O2/c1-4-6-16-29(3)25-23(5-2)28-24-13-12-22(20-31(24)25)26(32)30-17-14-27(33,15-18-30)19-21-10-8-7-9-11-21/h7-13,20,33H,4-6,14-19H2,1-3H3. The summed E-state index contributed by atoms with van der Waals surface area (Å²) in [5.41, 5.74) is 2.98. The zero-order valence-corrected chi connectivity index (χ0v) is 20.1. The van der Waals surface area contributed by atoms with Gasteiger partial charge in [-0.3, -0.25) is 9.20 Å². The van der Waals surface area contributed by atoms with E-state index in [2.05, 4.69) is 42.3 Å². The third-order valence-electron chi connectivity index (χ3n) is 6.81. The number of pyridine rings is 1. The first-order chi connectivity index (χ1) is 15.9. The van der Waals surface area contributed by atoms with Gasteiger partial charge in [0, 0.05) is 39.3 Å². The smallest absolute Gasteiger partial charge is 0.255 e. The van der Waals surface area contributed by atoms with Gasteiger partial charge >= 0.3 is 0 Å². The van der Waals surface area contributed by atoms with Crippen molar-refractivity contribution in [1.82, 2.24) is 14.3 Å². The van der Waals surface area contributed by atoms with Gasteiger partial charge in [-0.05, 0) is 43.4 Å². The van der Waals surface area contributed by atoms with Crippen LogP contribution >= 0.6 is 0 Å². The Morgan fingerprint density at radius 3 is 2.52 bits per heavy atom. The van der Waals surface area contributed by atoms with Crippen molar-refractivity contribution in [3.05, 3.63) is 65.5 Å². The Bertz CT molecular complexity index is 1080. The van der Waals surface area contributed by atoms with Crippen LogP contribution in [0.25, 0.3) is 5.65 Å². The van der Waals surface area contributed by atoms with Gasteiger partial charge in [-0.15, -0.1) is 0 Å². The lowest BCUT2D eigenvalue weighted by atomic mass is 9.85. The molecule has 1 aliphatic heterocycles. The van der Waals surface area contributed by atoms with Crippen molar-refractivity contribution in [2.24, 2.45) is 0 Å². The number of aryl methyl sites for hydroxylation is 1. The lowest BCUT2D eigenvalue weighted by Crippen LogP contribution is -2.47. The highest BCUT2D eigenvalue weighted by Gasteiger charge is 2.34. The molecule has 0 saturated carbocycles. The van der Waals surface area contributed by atoms with Gasteiger partial charge < -0.3 is 14.9 Å². The SMILES string of the molecule is CCCCN(C)c1c(CC)nc2ccc(C(=O)N3CCC(O)(Cc4ccccc4)CC3)cn12. The lowest BCUT2D eigenvalue weighted by Gasteiger charge is -2.38. The van der Waals surface area contributed by atoms with Crippen LogP contribution in [-0.2, 0) is 12.8 Å². The molecule has 0 spiro atoms. The number of rotatable bonds is 8. The van der Waals surface area contributed by atoms with Gasteiger partial charge in [-0.25, -0.2) is 4.98 Å². The summed E-state index contributed by atoms with van der Waals surface area (Å²) in [5, 5.41) is 11.1. The van der Waals surface area contributed by atoms with E-state index in [9.17, 15) is 9.90 Å². The number of amides is 1. The molecule has 33 heavy (non-hydrogen) atoms. The summed E-state index contributed by atoms with van der Waals surface area (Å²) in [7, 11) is 2.10. The Hall–Kier alpha value is -2.86. The number of aromatic nitrogens is 2. The number of imidazole rings is 1. The minimum absolute atomic E-state index is 0.0209. The van der Waals surface area contributed by atoms with Crippen molar-refractivity contribution in [3.8, 4) is 0 Å². The number of unbranched alkanes of at least 4 members (excludes halogenated alkanes) is 1. The molecule has 1 saturated heterocycles. The largest absolute Gasteiger partial charge is 0.389 e. The van der Waals surface area contributed by atoms with E-state index in [0.717, 1.165) is 48.5 Å². The maximum atomic E-state index is 13.3. The Labute approximate surface area is 196 Å². The van der Waals surface area contributed by atoms with Crippen LogP contribution in [0.1, 0.15) is 61.1 Å². The van der Waals surface area contributed by atoms with Gasteiger partial charge in [-0.1, -0.05) is 50.6 Å². The fourth-order valence-electron chi connectivity index (χ4n) is 4.81. The molecule has 3 heterocycles. The first-order valence-corrected chi connectivity index (χ1v) is 12.2. The molecule has 1 amide bonds. The van der Waals surface area contributed by atoms with Crippen LogP contribution in [-0.4, -0.2) is 57.6 Å². The molecule has 1 aromatic carbocycles. The van der Waals surface area contributed by atoms with Crippen LogP contribution < -0.4 is 4.90 Å². The molecule has 3 aromatic rings. The summed E-state index contributed by atoms with van der Waals surface area (Å²) in [6, 6.07) is 13.9. The van der Waals surface area contributed by atoms with Gasteiger partial charge in [0.15, 0.2) is 0 Å². The number of benzene rings is 1. The fourth-order valence-corrected chi connectivity index (χ4v) is 4.81. The quantitative estimate of drug-likeness (QED) is 0.557. The van der Waals surface area contributed by atoms with Crippen molar-refractivity contribution in [3.63, 3.8) is 0 Å². The van der Waals surface area contributed by atoms with Gasteiger partial charge in [0.2, 0.25) is 0 Å². The topological polar surface area (TPSA) is 61.1 Å². The number of piperidine rings is 1. The van der Waals surface area contributed by atoms with E-state index in [0.29, 0.717) is 37.9 Å². The second-order valence-corrected chi connectivity index (χ2v) is 9.34. The van der Waals surface area contributed by atoms with Crippen LogP contribution in [0.15, 0.2) is 48.7 Å². The van der Waals surface area contributed by atoms with Crippen molar-refractivity contribution < 1.29 is 9.90 Å². The van der Waals surface area contributed by atoms with Crippen molar-refractivity contribution >= 4 is 17.4 Å². The maximum Gasteiger partial charge on any atom is 0.255 e. The molecular weight excluding hydrogens is 412 g/mol. The number of anilines is 1. The number of fused-ring (bicyclic) bond motifs is 1. The molecule has 2 aromatic heterocycles. The zero-order chi connectivity index (χ0) is 23.4. The van der Waals surface area contributed by atoms with Crippen molar-refractivity contribution in [2.75, 3.05) is 31.6 Å². The average molecular weight is 449 g/mol. The monoisotopic (exact) mass is 448 g/mol. The molecule has 0 unspecified atom stereocenters. The van der Waals surface area contributed by atoms with Crippen LogP contribution in [0.3, 0.4) is 0 Å². The van der Waals surface area contributed by atoms with E-state index in [4.69, 9.17) is 4.98 Å². The van der Waals surface area contributed by atoms with E-state index >= 15 is 0 Å². The highest BCUT2D eigenvalue weighted by atomic mass is 16.3. The predicted octanol–water partition coefficient (Wildman–Crippen LogP) is 4.34. The van der Waals surface area contributed by atoms with Gasteiger partial charge in [0.05, 0.1) is 16.9 Å². The number of carbonyl (C=O) groups excluding carboxylic acids is 1. The lowest BCUT2D eigenvalue weighted by molar-refractivity contribution is -0.0162.